The third-order valence-electron chi connectivity index (χ3n) is 5.11. The van der Waals surface area contributed by atoms with Crippen LogP contribution in [0.1, 0.15) is 15.9 Å². The van der Waals surface area contributed by atoms with Crippen molar-refractivity contribution in [1.82, 2.24) is 9.88 Å². The number of nitrogens with zero attached hydrogens (tertiary/aromatic N) is 2. The largest absolute Gasteiger partial charge is 0.416 e. The molecule has 1 fully saturated rings. The van der Waals surface area contributed by atoms with Gasteiger partial charge in [-0.3, -0.25) is 14.5 Å². The predicted molar refractivity (Wildman–Crippen MR) is 123 cm³/mol. The molecular formula is C23H21F3N4O3S. The number of hydrogen-bond donors (Lipinski definition) is 2. The molecule has 11 heteroatoms. The Morgan fingerprint density at radius 2 is 1.79 bits per heavy atom. The number of aromatic nitrogens is 1. The molecule has 0 spiro atoms. The number of carbonyl (C=O) groups excluding carboxylic acids is 2. The van der Waals surface area contributed by atoms with E-state index in [1.54, 1.807) is 29.6 Å². The van der Waals surface area contributed by atoms with Gasteiger partial charge in [-0.1, -0.05) is 18.2 Å². The Hall–Kier alpha value is -3.28. The Labute approximate surface area is 197 Å². The number of morpholine rings is 1. The zero-order valence-electron chi connectivity index (χ0n) is 17.9. The molecule has 0 saturated carbocycles. The maximum atomic E-state index is 12.9. The van der Waals surface area contributed by atoms with Gasteiger partial charge in [0.15, 0.2) is 5.13 Å². The Bertz CT molecular complexity index is 1160. The van der Waals surface area contributed by atoms with Crippen LogP contribution in [0, 0.1) is 0 Å². The minimum Gasteiger partial charge on any atom is -0.379 e. The van der Waals surface area contributed by atoms with Crippen molar-refractivity contribution < 1.29 is 27.5 Å². The molecule has 1 saturated heterocycles. The van der Waals surface area contributed by atoms with Gasteiger partial charge in [-0.15, -0.1) is 11.3 Å². The summed E-state index contributed by atoms with van der Waals surface area (Å²) in [6.07, 6.45) is -4.52. The van der Waals surface area contributed by atoms with Crippen molar-refractivity contribution in [3.05, 3.63) is 65.0 Å². The fraction of sp³-hybridized carbons (Fsp3) is 0.261. The van der Waals surface area contributed by atoms with Gasteiger partial charge in [0.05, 0.1) is 31.0 Å². The number of thiazole rings is 1. The number of benzene rings is 2. The van der Waals surface area contributed by atoms with Crippen LogP contribution in [0.3, 0.4) is 0 Å². The molecule has 2 heterocycles. The number of ether oxygens (including phenoxy) is 1. The molecule has 1 aliphatic heterocycles. The van der Waals surface area contributed by atoms with E-state index in [0.717, 1.165) is 17.7 Å². The first kappa shape index (κ1) is 23.9. The molecule has 1 aliphatic rings. The van der Waals surface area contributed by atoms with E-state index in [4.69, 9.17) is 4.74 Å². The molecule has 2 N–H and O–H groups in total. The molecule has 1 aromatic heterocycles. The van der Waals surface area contributed by atoms with Crippen molar-refractivity contribution in [2.45, 2.75) is 6.18 Å². The van der Waals surface area contributed by atoms with Crippen LogP contribution in [0.2, 0.25) is 0 Å². The highest BCUT2D eigenvalue weighted by molar-refractivity contribution is 7.14. The highest BCUT2D eigenvalue weighted by Gasteiger charge is 2.30. The van der Waals surface area contributed by atoms with E-state index in [-0.39, 0.29) is 18.0 Å². The third kappa shape index (κ3) is 6.19. The summed E-state index contributed by atoms with van der Waals surface area (Å²) in [5, 5.41) is 7.68. The topological polar surface area (TPSA) is 83.6 Å². The average molecular weight is 491 g/mol. The van der Waals surface area contributed by atoms with Crippen molar-refractivity contribution in [2.75, 3.05) is 43.5 Å². The Morgan fingerprint density at radius 1 is 1.06 bits per heavy atom. The molecule has 3 aromatic rings. The second-order valence-corrected chi connectivity index (χ2v) is 8.44. The van der Waals surface area contributed by atoms with Gasteiger partial charge in [0.1, 0.15) is 0 Å². The number of rotatable bonds is 6. The summed E-state index contributed by atoms with van der Waals surface area (Å²) in [6, 6.07) is 11.0. The first-order valence-corrected chi connectivity index (χ1v) is 11.3. The second kappa shape index (κ2) is 10.3. The van der Waals surface area contributed by atoms with Gasteiger partial charge >= 0.3 is 6.18 Å². The van der Waals surface area contributed by atoms with Crippen molar-refractivity contribution in [2.24, 2.45) is 0 Å². The highest BCUT2D eigenvalue weighted by Crippen LogP contribution is 2.30. The number of carbonyl (C=O) groups is 2. The van der Waals surface area contributed by atoms with Crippen molar-refractivity contribution in [3.63, 3.8) is 0 Å². The summed E-state index contributed by atoms with van der Waals surface area (Å²) in [4.78, 5) is 31.0. The third-order valence-corrected chi connectivity index (χ3v) is 5.87. The van der Waals surface area contributed by atoms with E-state index >= 15 is 0 Å². The van der Waals surface area contributed by atoms with Crippen LogP contribution < -0.4 is 10.6 Å². The lowest BCUT2D eigenvalue weighted by Gasteiger charge is -2.25. The average Bonchev–Trinajstić information content (AvgIpc) is 3.28. The van der Waals surface area contributed by atoms with Gasteiger partial charge < -0.3 is 15.4 Å². The molecule has 0 bridgehead atoms. The van der Waals surface area contributed by atoms with Gasteiger partial charge in [-0.2, -0.15) is 13.2 Å². The zero-order valence-corrected chi connectivity index (χ0v) is 18.7. The van der Waals surface area contributed by atoms with Gasteiger partial charge in [-0.05, 0) is 30.3 Å². The van der Waals surface area contributed by atoms with E-state index < -0.39 is 17.6 Å². The lowest BCUT2D eigenvalue weighted by molar-refractivity contribution is -0.137. The smallest absolute Gasteiger partial charge is 0.379 e. The van der Waals surface area contributed by atoms with E-state index in [0.29, 0.717) is 42.8 Å². The first-order valence-electron chi connectivity index (χ1n) is 10.4. The van der Waals surface area contributed by atoms with Gasteiger partial charge in [0.25, 0.3) is 5.91 Å². The van der Waals surface area contributed by atoms with Crippen molar-refractivity contribution in [1.29, 1.82) is 0 Å². The summed E-state index contributed by atoms with van der Waals surface area (Å²) in [6.45, 7) is 2.94. The summed E-state index contributed by atoms with van der Waals surface area (Å²) >= 11 is 1.30. The maximum Gasteiger partial charge on any atom is 0.416 e. The number of hydrogen-bond acceptors (Lipinski definition) is 6. The molecule has 2 aromatic carbocycles. The minimum atomic E-state index is -4.52. The molecule has 4 rings (SSSR count). The summed E-state index contributed by atoms with van der Waals surface area (Å²) < 4.78 is 43.9. The molecule has 0 atom stereocenters. The zero-order chi connectivity index (χ0) is 24.1. The molecule has 0 unspecified atom stereocenters. The number of halogens is 3. The van der Waals surface area contributed by atoms with Crippen LogP contribution in [-0.4, -0.2) is 54.5 Å². The lowest BCUT2D eigenvalue weighted by atomic mass is 10.1. The van der Waals surface area contributed by atoms with Crippen LogP contribution >= 0.6 is 11.3 Å². The standard InChI is InChI=1S/C23H21F3N4O3S/c24-23(25,26)17-3-1-2-16(12-17)21(32)27-18-6-4-15(5-7-18)19-14-34-22(28-19)29-20(31)13-30-8-10-33-11-9-30/h1-7,12,14H,8-11,13H2,(H,27,32)(H,28,29,31). The van der Waals surface area contributed by atoms with Gasteiger partial charge in [0.2, 0.25) is 5.91 Å². The van der Waals surface area contributed by atoms with Crippen LogP contribution in [0.25, 0.3) is 11.3 Å². The molecule has 2 amide bonds. The lowest BCUT2D eigenvalue weighted by Crippen LogP contribution is -2.41. The van der Waals surface area contributed by atoms with Crippen LogP contribution in [0.4, 0.5) is 24.0 Å². The number of amides is 2. The maximum absolute atomic E-state index is 12.9. The first-order chi connectivity index (χ1) is 16.3. The van der Waals surface area contributed by atoms with Gasteiger partial charge in [-0.25, -0.2) is 4.98 Å². The predicted octanol–water partition coefficient (Wildman–Crippen LogP) is 4.35. The Balaban J connectivity index is 1.35. The summed E-state index contributed by atoms with van der Waals surface area (Å²) in [7, 11) is 0. The van der Waals surface area contributed by atoms with Gasteiger partial charge in [0, 0.05) is 35.3 Å². The summed E-state index contributed by atoms with van der Waals surface area (Å²) in [5.74, 6) is -0.784. The van der Waals surface area contributed by atoms with Crippen LogP contribution in [0.5, 0.6) is 0 Å². The monoisotopic (exact) mass is 490 g/mol. The number of alkyl halides is 3. The van der Waals surface area contributed by atoms with Crippen LogP contribution in [-0.2, 0) is 15.7 Å². The normalized spacial score (nSPS) is 14.6. The summed E-state index contributed by atoms with van der Waals surface area (Å²) in [5.41, 5.74) is 0.882. The molecular weight excluding hydrogens is 469 g/mol. The van der Waals surface area contributed by atoms with Crippen molar-refractivity contribution >= 4 is 34.0 Å². The molecule has 34 heavy (non-hydrogen) atoms. The molecule has 0 radical (unpaired) electrons. The fourth-order valence-electron chi connectivity index (χ4n) is 3.35. The quantitative estimate of drug-likeness (QED) is 0.537. The molecule has 7 nitrogen and oxygen atoms in total. The second-order valence-electron chi connectivity index (χ2n) is 7.58. The SMILES string of the molecule is O=C(CN1CCOCC1)Nc1nc(-c2ccc(NC(=O)c3cccc(C(F)(F)F)c3)cc2)cs1. The van der Waals surface area contributed by atoms with Crippen LogP contribution in [0.15, 0.2) is 53.9 Å². The van der Waals surface area contributed by atoms with E-state index in [2.05, 4.69) is 15.6 Å². The minimum absolute atomic E-state index is 0.0872. The highest BCUT2D eigenvalue weighted by atomic mass is 32.1. The number of nitrogens with one attached hydrogen (secondary N) is 2. The van der Waals surface area contributed by atoms with E-state index in [1.165, 1.54) is 23.5 Å². The Morgan fingerprint density at radius 3 is 2.50 bits per heavy atom. The fourth-order valence-corrected chi connectivity index (χ4v) is 4.09. The number of anilines is 2. The Kier molecular flexibility index (Phi) is 7.25. The molecule has 0 aliphatic carbocycles. The molecule has 178 valence electrons. The van der Waals surface area contributed by atoms with E-state index in [1.807, 2.05) is 4.90 Å². The van der Waals surface area contributed by atoms with Crippen molar-refractivity contribution in [3.8, 4) is 11.3 Å². The van der Waals surface area contributed by atoms with E-state index in [9.17, 15) is 22.8 Å².